The van der Waals surface area contributed by atoms with Crippen LogP contribution in [0.5, 0.6) is 0 Å². The molecule has 0 radical (unpaired) electrons. The van der Waals surface area contributed by atoms with Crippen molar-refractivity contribution in [3.8, 4) is 0 Å². The van der Waals surface area contributed by atoms with Crippen LogP contribution < -0.4 is 0 Å². The van der Waals surface area contributed by atoms with Crippen LogP contribution >= 0.6 is 0 Å². The Kier molecular flexibility index (Phi) is 19.8. The molecule has 0 amide bonds. The summed E-state index contributed by atoms with van der Waals surface area (Å²) in [4.78, 5) is 27.5. The summed E-state index contributed by atoms with van der Waals surface area (Å²) in [6.45, 7) is 12.7. The molecule has 26 atom stereocenters. The fraction of sp³-hybridized carbons (Fsp3) is 0.723. The number of rotatable bonds is 18. The molecule has 8 aliphatic rings. The van der Waals surface area contributed by atoms with Crippen molar-refractivity contribution in [3.63, 3.8) is 0 Å². The van der Waals surface area contributed by atoms with Crippen molar-refractivity contribution in [1.82, 2.24) is 0 Å². The van der Waals surface area contributed by atoms with Crippen LogP contribution in [-0.4, -0.2) is 206 Å². The highest BCUT2D eigenvalue weighted by atomic mass is 16.8. The summed E-state index contributed by atoms with van der Waals surface area (Å²) in [7, 11) is 6.24. The summed E-state index contributed by atoms with van der Waals surface area (Å²) in [5.74, 6) is -1.95. The number of aliphatic hydroxyl groups is 5. The molecule has 4 saturated heterocycles. The van der Waals surface area contributed by atoms with Gasteiger partial charge in [-0.3, -0.25) is 0 Å². The van der Waals surface area contributed by atoms with Crippen LogP contribution in [0.25, 0.3) is 6.08 Å². The van der Waals surface area contributed by atoms with Crippen LogP contribution in [0.2, 0.25) is 0 Å². The Morgan fingerprint density at radius 1 is 0.640 bits per heavy atom. The highest BCUT2D eigenvalue weighted by molar-refractivity contribution is 5.89. The monoisotopic (exact) mass is 1210 g/mol. The number of aliphatic hydroxyl groups excluding tert-OH is 2. The molecular weight excluding hydrogens is 1120 g/mol. The number of ether oxygens (including phenoxy) is 14. The third-order valence-electron chi connectivity index (χ3n) is 21.1. The van der Waals surface area contributed by atoms with E-state index in [0.717, 1.165) is 11.1 Å². The lowest BCUT2D eigenvalue weighted by molar-refractivity contribution is -0.356. The highest BCUT2D eigenvalue weighted by Crippen LogP contribution is 2.71. The molecule has 86 heavy (non-hydrogen) atoms. The van der Waals surface area contributed by atoms with E-state index in [0.29, 0.717) is 37.7 Å². The molecule has 478 valence electrons. The lowest BCUT2D eigenvalue weighted by Crippen LogP contribution is -2.78. The molecule has 21 heteroatoms. The van der Waals surface area contributed by atoms with E-state index in [-0.39, 0.29) is 38.2 Å². The van der Waals surface area contributed by atoms with Gasteiger partial charge in [-0.1, -0.05) is 74.0 Å². The fourth-order valence-electron chi connectivity index (χ4n) is 16.1. The summed E-state index contributed by atoms with van der Waals surface area (Å²) in [5, 5.41) is 61.3. The molecule has 0 aromatic heterocycles. The van der Waals surface area contributed by atoms with Crippen molar-refractivity contribution < 1.29 is 101 Å². The smallest absolute Gasteiger partial charge is 0.338 e. The van der Waals surface area contributed by atoms with E-state index < -0.39 is 162 Å². The lowest BCUT2D eigenvalue weighted by atomic mass is 9.42. The molecule has 3 saturated carbocycles. The van der Waals surface area contributed by atoms with Crippen LogP contribution in [0.3, 0.4) is 0 Å². The first-order chi connectivity index (χ1) is 40.9. The number of carbonyl (C=O) groups is 2. The van der Waals surface area contributed by atoms with E-state index in [9.17, 15) is 35.1 Å². The second-order valence-corrected chi connectivity index (χ2v) is 25.7. The summed E-state index contributed by atoms with van der Waals surface area (Å²) >= 11 is 0. The van der Waals surface area contributed by atoms with Gasteiger partial charge in [0.15, 0.2) is 25.2 Å². The fourth-order valence-corrected chi connectivity index (χ4v) is 16.1. The van der Waals surface area contributed by atoms with E-state index >= 15 is 0 Å². The van der Waals surface area contributed by atoms with Crippen molar-refractivity contribution in [3.05, 3.63) is 89.5 Å². The standard InChI is InChI=1S/C65H92O21/c1-35-53(67)58(76-11)54(68)60(80-35)86-57-38(4)79-52(33-46(57)75-10)85-56-37(3)78-51(32-45(56)74-9)84-55-36(2)77-50(31-44(55)73-8)82-43-25-26-61(6)42(30-43)24-27-64(71)47(61)34-48(83-49(66)23-22-40-18-14-12-15-19-40)62(7)63(70,28-29-65(62,64)72)39(5)81-59(69)41-20-16-13-17-21-41/h12-24,35-39,43-48,50-58,60,67-68,70-72H,25-34H2,1-11H3/b23-22+/t35-,36-,37-,38-,39?,43+,44+,45+,46-,47-,48-,50+,51+,52+,53+,54-,55-,56-,57-,58+,60+,61+,62-,63?,64+,65-/m1/s1. The Morgan fingerprint density at radius 3 is 1.74 bits per heavy atom. The van der Waals surface area contributed by atoms with Crippen molar-refractivity contribution >= 4 is 18.0 Å². The maximum Gasteiger partial charge on any atom is 0.338 e. The van der Waals surface area contributed by atoms with Crippen LogP contribution in [0, 0.1) is 16.7 Å². The van der Waals surface area contributed by atoms with Gasteiger partial charge in [-0.15, -0.1) is 0 Å². The normalized spacial score (nSPS) is 45.5. The number of methoxy groups -OCH3 is 4. The number of esters is 2. The van der Waals surface area contributed by atoms with Crippen LogP contribution in [0.15, 0.2) is 78.4 Å². The second kappa shape index (κ2) is 26.2. The molecular formula is C65H92O21. The zero-order valence-corrected chi connectivity index (χ0v) is 51.5. The van der Waals surface area contributed by atoms with Crippen molar-refractivity contribution in [2.24, 2.45) is 16.7 Å². The average molecular weight is 1210 g/mol. The number of fused-ring (bicyclic) bond motifs is 5. The number of benzene rings is 2. The average Bonchev–Trinajstić information content (AvgIpc) is 1.34. The first-order valence-corrected chi connectivity index (χ1v) is 30.7. The Hall–Kier alpha value is -3.82. The van der Waals surface area contributed by atoms with Gasteiger partial charge in [-0.2, -0.15) is 0 Å². The maximum atomic E-state index is 14.0. The van der Waals surface area contributed by atoms with Gasteiger partial charge < -0.3 is 91.8 Å². The van der Waals surface area contributed by atoms with Crippen molar-refractivity contribution in [2.75, 3.05) is 28.4 Å². The molecule has 0 bridgehead atoms. The Morgan fingerprint density at radius 2 is 1.19 bits per heavy atom. The molecule has 7 fully saturated rings. The van der Waals surface area contributed by atoms with E-state index in [1.165, 1.54) is 13.2 Å². The SMILES string of the molecule is CO[C@H]1[C@@H](O)[C@@H](C)O[C@@H](O[C@@H]2[C@@H](C)O[C@@H](O[C@H]3[C@@H](OC)C[C@H](O[C@H]4[C@@H](OC)C[C@H](O[C@H]5CC[C@@]6(C)C(=CC[C@]7(O)[C@@H]6C[C@@H](OC(=O)/C=C/c6ccccc6)[C@]6(C)C(O)(C(C)OC(=O)c8ccccc8)CC[C@]76O)C5)O[C@@H]4C)O[C@@H]3C)C[C@H]2OC)[C@@H]1O. The molecule has 21 nitrogen and oxygen atoms in total. The predicted molar refractivity (Wildman–Crippen MR) is 308 cm³/mol. The molecule has 0 spiro atoms. The van der Waals surface area contributed by atoms with E-state index in [1.807, 2.05) is 57.2 Å². The predicted octanol–water partition coefficient (Wildman–Crippen LogP) is 5.86. The van der Waals surface area contributed by atoms with Gasteiger partial charge in [-0.05, 0) is 109 Å². The quantitative estimate of drug-likeness (QED) is 0.0664. The lowest BCUT2D eigenvalue weighted by Gasteiger charge is -2.67. The molecule has 4 aliphatic heterocycles. The van der Waals surface area contributed by atoms with Gasteiger partial charge in [0, 0.05) is 59.7 Å². The van der Waals surface area contributed by atoms with Crippen LogP contribution in [0.1, 0.15) is 129 Å². The Labute approximate surface area is 504 Å². The van der Waals surface area contributed by atoms with Gasteiger partial charge in [0.25, 0.3) is 0 Å². The van der Waals surface area contributed by atoms with Gasteiger partial charge in [-0.25, -0.2) is 9.59 Å². The molecule has 5 N–H and O–H groups in total. The zero-order valence-electron chi connectivity index (χ0n) is 51.5. The van der Waals surface area contributed by atoms with Gasteiger partial charge >= 0.3 is 11.9 Å². The van der Waals surface area contributed by atoms with E-state index in [1.54, 1.807) is 78.5 Å². The third kappa shape index (κ3) is 11.9. The molecule has 10 rings (SSSR count). The summed E-state index contributed by atoms with van der Waals surface area (Å²) in [5.41, 5.74) is -5.98. The molecule has 4 heterocycles. The van der Waals surface area contributed by atoms with Crippen molar-refractivity contribution in [2.45, 2.75) is 252 Å². The summed E-state index contributed by atoms with van der Waals surface area (Å²) in [6.07, 6.45) is -6.48. The van der Waals surface area contributed by atoms with Crippen LogP contribution in [0.4, 0.5) is 0 Å². The molecule has 2 aromatic rings. The van der Waals surface area contributed by atoms with E-state index in [4.69, 9.17) is 66.3 Å². The molecule has 4 aliphatic carbocycles. The minimum absolute atomic E-state index is 0.0415. The van der Waals surface area contributed by atoms with Crippen molar-refractivity contribution in [1.29, 1.82) is 0 Å². The summed E-state index contributed by atoms with van der Waals surface area (Å²) < 4.78 is 87.5. The van der Waals surface area contributed by atoms with Crippen LogP contribution in [-0.2, 0) is 71.1 Å². The Balaban J connectivity index is 0.776. The highest BCUT2D eigenvalue weighted by Gasteiger charge is 2.81. The van der Waals surface area contributed by atoms with Gasteiger partial charge in [0.05, 0.1) is 59.8 Å². The second-order valence-electron chi connectivity index (χ2n) is 25.7. The maximum absolute atomic E-state index is 14.0. The third-order valence-corrected chi connectivity index (χ3v) is 21.1. The zero-order chi connectivity index (χ0) is 61.7. The number of hydrogen-bond donors (Lipinski definition) is 5. The van der Waals surface area contributed by atoms with E-state index in [2.05, 4.69) is 6.92 Å². The summed E-state index contributed by atoms with van der Waals surface area (Å²) in [6, 6.07) is 17.8. The topological polar surface area (TPSA) is 265 Å². The van der Waals surface area contributed by atoms with Gasteiger partial charge in [0.1, 0.15) is 65.6 Å². The number of hydrogen-bond acceptors (Lipinski definition) is 21. The first-order valence-electron chi connectivity index (χ1n) is 30.7. The minimum Gasteiger partial charge on any atom is -0.458 e. The minimum atomic E-state index is -2.00. The Bertz CT molecular complexity index is 2680. The first kappa shape index (κ1) is 65.1. The largest absolute Gasteiger partial charge is 0.458 e. The molecule has 2 aromatic carbocycles. The number of carbonyl (C=O) groups excluding carboxylic acids is 2. The van der Waals surface area contributed by atoms with Gasteiger partial charge in [0.2, 0.25) is 0 Å². The molecule has 2 unspecified atom stereocenters.